The first-order valence-electron chi connectivity index (χ1n) is 8.76. The molecule has 6 nitrogen and oxygen atoms in total. The minimum Gasteiger partial charge on any atom is -0.368 e. The maximum absolute atomic E-state index is 13.7. The van der Waals surface area contributed by atoms with Crippen molar-refractivity contribution in [3.8, 4) is 0 Å². The fraction of sp³-hybridized carbons (Fsp3) is 0.190. The second-order valence-corrected chi connectivity index (χ2v) is 6.68. The number of amides is 2. The first-order chi connectivity index (χ1) is 13.3. The Kier molecular flexibility index (Phi) is 5.26. The highest BCUT2D eigenvalue weighted by atomic mass is 19.1. The summed E-state index contributed by atoms with van der Waals surface area (Å²) < 4.78 is 14.9. The van der Waals surface area contributed by atoms with Gasteiger partial charge in [-0.1, -0.05) is 18.2 Å². The van der Waals surface area contributed by atoms with E-state index in [9.17, 15) is 18.8 Å². The first kappa shape index (κ1) is 19.3. The van der Waals surface area contributed by atoms with Crippen LogP contribution in [0.1, 0.15) is 24.1 Å². The standard InChI is InChI=1S/C21H20FN3O3/c1-12-6-7-14(10-17(12)22)11-19(26)24-18-5-3-4-16-15(18)8-9-25(21(16)28)13(2)20(23)27/h3-10,13H,11H2,1-2H3,(H2,23,27)(H,24,26). The molecule has 0 aliphatic heterocycles. The monoisotopic (exact) mass is 381 g/mol. The molecule has 0 aliphatic carbocycles. The number of primary amides is 1. The zero-order valence-electron chi connectivity index (χ0n) is 15.5. The van der Waals surface area contributed by atoms with E-state index in [1.165, 1.54) is 16.8 Å². The van der Waals surface area contributed by atoms with E-state index in [1.807, 2.05) is 0 Å². The lowest BCUT2D eigenvalue weighted by atomic mass is 10.1. The summed E-state index contributed by atoms with van der Waals surface area (Å²) >= 11 is 0. The summed E-state index contributed by atoms with van der Waals surface area (Å²) in [5, 5.41) is 3.67. The molecule has 1 atom stereocenters. The smallest absolute Gasteiger partial charge is 0.259 e. The topological polar surface area (TPSA) is 94.2 Å². The fourth-order valence-corrected chi connectivity index (χ4v) is 2.97. The van der Waals surface area contributed by atoms with Crippen LogP contribution >= 0.6 is 0 Å². The van der Waals surface area contributed by atoms with Gasteiger partial charge in [-0.15, -0.1) is 0 Å². The minimum absolute atomic E-state index is 0.00334. The highest BCUT2D eigenvalue weighted by Crippen LogP contribution is 2.22. The quantitative estimate of drug-likeness (QED) is 0.711. The molecule has 0 saturated carbocycles. The summed E-state index contributed by atoms with van der Waals surface area (Å²) in [5.74, 6) is -1.30. The highest BCUT2D eigenvalue weighted by molar-refractivity contribution is 6.02. The Balaban J connectivity index is 1.90. The summed E-state index contributed by atoms with van der Waals surface area (Å²) in [6, 6.07) is 10.5. The van der Waals surface area contributed by atoms with Crippen LogP contribution < -0.4 is 16.6 Å². The number of carbonyl (C=O) groups is 2. The number of fused-ring (bicyclic) bond motifs is 1. The average molecular weight is 381 g/mol. The summed E-state index contributed by atoms with van der Waals surface area (Å²) in [7, 11) is 0. The number of benzene rings is 2. The molecular formula is C21H20FN3O3. The molecule has 0 saturated heterocycles. The van der Waals surface area contributed by atoms with Crippen molar-refractivity contribution in [3.05, 3.63) is 76.0 Å². The van der Waals surface area contributed by atoms with Crippen LogP contribution in [0.5, 0.6) is 0 Å². The Hall–Kier alpha value is -3.48. The van der Waals surface area contributed by atoms with Crippen molar-refractivity contribution in [1.29, 1.82) is 0 Å². The van der Waals surface area contributed by atoms with Crippen LogP contribution in [0, 0.1) is 12.7 Å². The molecule has 0 aliphatic rings. The molecule has 1 aromatic heterocycles. The van der Waals surface area contributed by atoms with Gasteiger partial charge in [0.15, 0.2) is 0 Å². The minimum atomic E-state index is -0.786. The maximum Gasteiger partial charge on any atom is 0.259 e. The van der Waals surface area contributed by atoms with Gasteiger partial charge in [0, 0.05) is 22.7 Å². The third-order valence-electron chi connectivity index (χ3n) is 4.68. The normalized spacial score (nSPS) is 12.0. The molecule has 3 N–H and O–H groups in total. The van der Waals surface area contributed by atoms with E-state index in [-0.39, 0.29) is 23.7 Å². The lowest BCUT2D eigenvalue weighted by Crippen LogP contribution is -2.31. The number of aromatic nitrogens is 1. The van der Waals surface area contributed by atoms with Crippen molar-refractivity contribution in [1.82, 2.24) is 4.57 Å². The van der Waals surface area contributed by atoms with Crippen molar-refractivity contribution in [3.63, 3.8) is 0 Å². The van der Waals surface area contributed by atoms with Crippen LogP contribution in [-0.4, -0.2) is 16.4 Å². The second-order valence-electron chi connectivity index (χ2n) is 6.68. The molecule has 2 amide bonds. The van der Waals surface area contributed by atoms with E-state index in [0.29, 0.717) is 27.6 Å². The number of pyridine rings is 1. The summed E-state index contributed by atoms with van der Waals surface area (Å²) in [4.78, 5) is 36.5. The number of nitrogens with one attached hydrogen (secondary N) is 1. The predicted molar refractivity (Wildman–Crippen MR) is 106 cm³/mol. The lowest BCUT2D eigenvalue weighted by Gasteiger charge is -2.14. The largest absolute Gasteiger partial charge is 0.368 e. The Morgan fingerprint density at radius 2 is 1.93 bits per heavy atom. The van der Waals surface area contributed by atoms with Crippen LogP contribution in [0.15, 0.2) is 53.5 Å². The van der Waals surface area contributed by atoms with E-state index in [0.717, 1.165) is 0 Å². The third-order valence-corrected chi connectivity index (χ3v) is 4.68. The number of aryl methyl sites for hydroxylation is 1. The van der Waals surface area contributed by atoms with E-state index in [1.54, 1.807) is 50.2 Å². The van der Waals surface area contributed by atoms with E-state index >= 15 is 0 Å². The molecule has 0 fully saturated rings. The molecule has 0 spiro atoms. The Morgan fingerprint density at radius 3 is 2.61 bits per heavy atom. The second kappa shape index (κ2) is 7.64. The molecule has 1 unspecified atom stereocenters. The van der Waals surface area contributed by atoms with Gasteiger partial charge in [-0.2, -0.15) is 0 Å². The number of rotatable bonds is 5. The van der Waals surface area contributed by atoms with Gasteiger partial charge in [-0.25, -0.2) is 4.39 Å². The van der Waals surface area contributed by atoms with Gasteiger partial charge in [-0.3, -0.25) is 14.4 Å². The molecule has 7 heteroatoms. The number of carbonyl (C=O) groups excluding carboxylic acids is 2. The van der Waals surface area contributed by atoms with Crippen molar-refractivity contribution in [2.45, 2.75) is 26.3 Å². The molecule has 28 heavy (non-hydrogen) atoms. The number of halogens is 1. The van der Waals surface area contributed by atoms with Gasteiger partial charge >= 0.3 is 0 Å². The molecule has 3 rings (SSSR count). The van der Waals surface area contributed by atoms with E-state index in [4.69, 9.17) is 5.73 Å². The zero-order chi connectivity index (χ0) is 20.4. The van der Waals surface area contributed by atoms with Crippen LogP contribution in [0.4, 0.5) is 10.1 Å². The van der Waals surface area contributed by atoms with E-state index < -0.39 is 11.9 Å². The molecule has 0 bridgehead atoms. The predicted octanol–water partition coefficient (Wildman–Crippen LogP) is 2.68. The Morgan fingerprint density at radius 1 is 1.18 bits per heavy atom. The lowest BCUT2D eigenvalue weighted by molar-refractivity contribution is -0.120. The number of nitrogens with two attached hydrogens (primary N) is 1. The molecule has 144 valence electrons. The van der Waals surface area contributed by atoms with Gasteiger partial charge in [0.1, 0.15) is 11.9 Å². The van der Waals surface area contributed by atoms with Crippen molar-refractivity contribution >= 4 is 28.3 Å². The molecule has 2 aromatic carbocycles. The van der Waals surface area contributed by atoms with Gasteiger partial charge in [0.25, 0.3) is 5.56 Å². The van der Waals surface area contributed by atoms with Crippen LogP contribution in [0.25, 0.3) is 10.8 Å². The summed E-state index contributed by atoms with van der Waals surface area (Å²) in [6.07, 6.45) is 1.48. The highest BCUT2D eigenvalue weighted by Gasteiger charge is 2.15. The number of nitrogens with zero attached hydrogens (tertiary/aromatic N) is 1. The molecule has 3 aromatic rings. The number of hydrogen-bond acceptors (Lipinski definition) is 3. The van der Waals surface area contributed by atoms with Crippen molar-refractivity contribution in [2.75, 3.05) is 5.32 Å². The van der Waals surface area contributed by atoms with Crippen LogP contribution in [0.3, 0.4) is 0 Å². The van der Waals surface area contributed by atoms with Crippen molar-refractivity contribution in [2.24, 2.45) is 5.73 Å². The number of hydrogen-bond donors (Lipinski definition) is 2. The zero-order valence-corrected chi connectivity index (χ0v) is 15.5. The maximum atomic E-state index is 13.7. The molecule has 1 heterocycles. The Bertz CT molecular complexity index is 1140. The van der Waals surface area contributed by atoms with Gasteiger partial charge in [-0.05, 0) is 49.2 Å². The summed E-state index contributed by atoms with van der Waals surface area (Å²) in [5.41, 5.74) is 6.44. The Labute approximate surface area is 160 Å². The van der Waals surface area contributed by atoms with Gasteiger partial charge in [0.05, 0.1) is 6.42 Å². The molecular weight excluding hydrogens is 361 g/mol. The summed E-state index contributed by atoms with van der Waals surface area (Å²) in [6.45, 7) is 3.20. The third kappa shape index (κ3) is 3.78. The molecule has 0 radical (unpaired) electrons. The van der Waals surface area contributed by atoms with Crippen LogP contribution in [-0.2, 0) is 16.0 Å². The van der Waals surface area contributed by atoms with Gasteiger partial charge < -0.3 is 15.6 Å². The van der Waals surface area contributed by atoms with E-state index in [2.05, 4.69) is 5.32 Å². The average Bonchev–Trinajstić information content (AvgIpc) is 2.65. The number of anilines is 1. The SMILES string of the molecule is Cc1ccc(CC(=O)Nc2cccc3c(=O)n(C(C)C(N)=O)ccc23)cc1F. The fourth-order valence-electron chi connectivity index (χ4n) is 2.97. The van der Waals surface area contributed by atoms with Gasteiger partial charge in [0.2, 0.25) is 11.8 Å². The van der Waals surface area contributed by atoms with Crippen molar-refractivity contribution < 1.29 is 14.0 Å². The van der Waals surface area contributed by atoms with Crippen LogP contribution in [0.2, 0.25) is 0 Å². The first-order valence-corrected chi connectivity index (χ1v) is 8.76.